The number of fused-ring (bicyclic) bond motifs is 1. The molecule has 1 aromatic heterocycles. The van der Waals surface area contributed by atoms with Crippen LogP contribution in [0.15, 0.2) is 11.4 Å². The van der Waals surface area contributed by atoms with Crippen molar-refractivity contribution in [3.05, 3.63) is 21.9 Å². The molecule has 2 aliphatic rings. The highest BCUT2D eigenvalue weighted by molar-refractivity contribution is 7.10. The van der Waals surface area contributed by atoms with Crippen LogP contribution in [0.3, 0.4) is 0 Å². The summed E-state index contributed by atoms with van der Waals surface area (Å²) in [6.45, 7) is 9.60. The number of piperazine rings is 1. The van der Waals surface area contributed by atoms with Crippen LogP contribution in [0.2, 0.25) is 0 Å². The van der Waals surface area contributed by atoms with Crippen LogP contribution < -0.4 is 0 Å². The second kappa shape index (κ2) is 7.30. The minimum absolute atomic E-state index is 0.248. The molecule has 1 N–H and O–H groups in total. The molecule has 0 aliphatic carbocycles. The van der Waals surface area contributed by atoms with Gasteiger partial charge in [-0.1, -0.05) is 0 Å². The van der Waals surface area contributed by atoms with Gasteiger partial charge in [0.1, 0.15) is 0 Å². The second-order valence-electron chi connectivity index (χ2n) is 6.86. The Morgan fingerprint density at radius 3 is 3.00 bits per heavy atom. The highest BCUT2D eigenvalue weighted by Gasteiger charge is 2.28. The maximum absolute atomic E-state index is 12.6. The molecule has 1 saturated heterocycles. The van der Waals surface area contributed by atoms with Crippen molar-refractivity contribution in [2.75, 3.05) is 39.3 Å². The van der Waals surface area contributed by atoms with E-state index in [0.717, 1.165) is 45.7 Å². The van der Waals surface area contributed by atoms with Crippen molar-refractivity contribution in [3.63, 3.8) is 0 Å². The second-order valence-corrected chi connectivity index (χ2v) is 7.86. The van der Waals surface area contributed by atoms with Crippen LogP contribution in [0.25, 0.3) is 0 Å². The van der Waals surface area contributed by atoms with E-state index in [9.17, 15) is 9.90 Å². The van der Waals surface area contributed by atoms with Gasteiger partial charge in [0.25, 0.3) is 0 Å². The number of carbonyl (C=O) groups excluding carboxylic acids is 1. The number of rotatable bonds is 4. The minimum Gasteiger partial charge on any atom is -0.392 e. The predicted molar refractivity (Wildman–Crippen MR) is 92.6 cm³/mol. The lowest BCUT2D eigenvalue weighted by atomic mass is 10.1. The maximum Gasteiger partial charge on any atom is 0.237 e. The zero-order valence-electron chi connectivity index (χ0n) is 14.1. The Bertz CT molecular complexity index is 546. The van der Waals surface area contributed by atoms with Crippen molar-refractivity contribution in [3.8, 4) is 0 Å². The Balaban J connectivity index is 1.50. The smallest absolute Gasteiger partial charge is 0.237 e. The van der Waals surface area contributed by atoms with Crippen LogP contribution in [-0.2, 0) is 17.8 Å². The number of thiophene rings is 1. The molecule has 2 atom stereocenters. The van der Waals surface area contributed by atoms with Crippen LogP contribution in [0, 0.1) is 0 Å². The Labute approximate surface area is 142 Å². The Morgan fingerprint density at radius 1 is 1.43 bits per heavy atom. The first kappa shape index (κ1) is 16.9. The molecule has 23 heavy (non-hydrogen) atoms. The van der Waals surface area contributed by atoms with Crippen molar-refractivity contribution in [1.82, 2.24) is 14.7 Å². The lowest BCUT2D eigenvalue weighted by Crippen LogP contribution is -2.55. The topological polar surface area (TPSA) is 47.0 Å². The number of amides is 1. The number of carbonyl (C=O) groups is 1. The van der Waals surface area contributed by atoms with E-state index >= 15 is 0 Å². The summed E-state index contributed by atoms with van der Waals surface area (Å²) in [5, 5.41) is 11.7. The zero-order chi connectivity index (χ0) is 16.4. The Morgan fingerprint density at radius 2 is 2.26 bits per heavy atom. The summed E-state index contributed by atoms with van der Waals surface area (Å²) in [5.74, 6) is 0.248. The maximum atomic E-state index is 12.6. The first-order chi connectivity index (χ1) is 11.0. The van der Waals surface area contributed by atoms with Crippen LogP contribution in [0.5, 0.6) is 0 Å². The van der Waals surface area contributed by atoms with E-state index < -0.39 is 0 Å². The first-order valence-corrected chi connectivity index (χ1v) is 9.38. The van der Waals surface area contributed by atoms with Gasteiger partial charge in [-0.15, -0.1) is 11.3 Å². The van der Waals surface area contributed by atoms with Gasteiger partial charge < -0.3 is 10.0 Å². The fraction of sp³-hybridized carbons (Fsp3) is 0.706. The van der Waals surface area contributed by atoms with Gasteiger partial charge >= 0.3 is 0 Å². The van der Waals surface area contributed by atoms with Crippen molar-refractivity contribution >= 4 is 17.2 Å². The average molecular weight is 337 g/mol. The third-order valence-corrected chi connectivity index (χ3v) is 5.89. The quantitative estimate of drug-likeness (QED) is 0.891. The van der Waals surface area contributed by atoms with Gasteiger partial charge in [0.15, 0.2) is 0 Å². The molecular weight excluding hydrogens is 310 g/mol. The molecule has 0 aromatic carbocycles. The molecule has 3 heterocycles. The molecule has 0 unspecified atom stereocenters. The van der Waals surface area contributed by atoms with Crippen molar-refractivity contribution in [2.24, 2.45) is 0 Å². The van der Waals surface area contributed by atoms with E-state index in [1.807, 2.05) is 11.8 Å². The van der Waals surface area contributed by atoms with E-state index in [1.165, 1.54) is 10.4 Å². The number of hydrogen-bond donors (Lipinski definition) is 1. The Kier molecular flexibility index (Phi) is 5.36. The van der Waals surface area contributed by atoms with E-state index in [-0.39, 0.29) is 12.0 Å². The Hall–Kier alpha value is -0.950. The zero-order valence-corrected chi connectivity index (χ0v) is 14.9. The summed E-state index contributed by atoms with van der Waals surface area (Å²) in [7, 11) is 0. The first-order valence-electron chi connectivity index (χ1n) is 8.50. The number of nitrogens with zero attached hydrogens (tertiary/aromatic N) is 3. The molecule has 0 saturated carbocycles. The van der Waals surface area contributed by atoms with Gasteiger partial charge in [-0.05, 0) is 37.3 Å². The monoisotopic (exact) mass is 337 g/mol. The molecular formula is C17H27N3O2S. The standard InChI is InChI=1S/C17H27N3O2S/c1-13-9-18(6-7-19(13)10-14(2)21)12-17(22)20-5-3-16-15(11-20)4-8-23-16/h4,8,13-14,21H,3,5-7,9-12H2,1-2H3/t13-,14+/m0/s1. The van der Waals surface area contributed by atoms with Gasteiger partial charge in [-0.3, -0.25) is 14.6 Å². The molecule has 6 heteroatoms. The molecule has 128 valence electrons. The summed E-state index contributed by atoms with van der Waals surface area (Å²) < 4.78 is 0. The van der Waals surface area contributed by atoms with Crippen molar-refractivity contribution < 1.29 is 9.90 Å². The molecule has 0 bridgehead atoms. The normalized spacial score (nSPS) is 24.5. The van der Waals surface area contributed by atoms with Gasteiger partial charge in [-0.25, -0.2) is 0 Å². The van der Waals surface area contributed by atoms with E-state index in [0.29, 0.717) is 12.6 Å². The predicted octanol–water partition coefficient (Wildman–Crippen LogP) is 1.02. The average Bonchev–Trinajstić information content (AvgIpc) is 2.97. The third-order valence-electron chi connectivity index (χ3n) is 4.87. The SMILES string of the molecule is C[C@@H](O)CN1CCN(CC(=O)N2CCc3sccc3C2)C[C@@H]1C. The lowest BCUT2D eigenvalue weighted by molar-refractivity contribution is -0.134. The lowest BCUT2D eigenvalue weighted by Gasteiger charge is -2.40. The number of β-amino-alcohol motifs (C(OH)–C–C–N with tert-alkyl or cyclic N) is 1. The van der Waals surface area contributed by atoms with E-state index in [1.54, 1.807) is 11.3 Å². The molecule has 5 nitrogen and oxygen atoms in total. The molecule has 0 spiro atoms. The van der Waals surface area contributed by atoms with Gasteiger partial charge in [0.2, 0.25) is 5.91 Å². The molecule has 0 radical (unpaired) electrons. The van der Waals surface area contributed by atoms with Crippen LogP contribution in [-0.4, -0.2) is 77.1 Å². The third kappa shape index (κ3) is 4.12. The largest absolute Gasteiger partial charge is 0.392 e. The van der Waals surface area contributed by atoms with Crippen LogP contribution >= 0.6 is 11.3 Å². The van der Waals surface area contributed by atoms with Crippen LogP contribution in [0.1, 0.15) is 24.3 Å². The van der Waals surface area contributed by atoms with Crippen molar-refractivity contribution in [2.45, 2.75) is 39.0 Å². The molecule has 1 aromatic rings. The number of aliphatic hydroxyl groups excluding tert-OH is 1. The van der Waals surface area contributed by atoms with Gasteiger partial charge in [-0.2, -0.15) is 0 Å². The number of aliphatic hydroxyl groups is 1. The summed E-state index contributed by atoms with van der Waals surface area (Å²) >= 11 is 1.81. The van der Waals surface area contributed by atoms with Crippen molar-refractivity contribution in [1.29, 1.82) is 0 Å². The summed E-state index contributed by atoms with van der Waals surface area (Å²) in [6, 6.07) is 2.53. The van der Waals surface area contributed by atoms with E-state index in [2.05, 4.69) is 28.2 Å². The minimum atomic E-state index is -0.293. The van der Waals surface area contributed by atoms with Gasteiger partial charge in [0, 0.05) is 50.2 Å². The molecule has 3 rings (SSSR count). The fourth-order valence-corrected chi connectivity index (χ4v) is 4.47. The molecule has 1 amide bonds. The highest BCUT2D eigenvalue weighted by atomic mass is 32.1. The molecule has 2 aliphatic heterocycles. The summed E-state index contributed by atoms with van der Waals surface area (Å²) in [5.41, 5.74) is 1.32. The van der Waals surface area contributed by atoms with E-state index in [4.69, 9.17) is 0 Å². The highest BCUT2D eigenvalue weighted by Crippen LogP contribution is 2.24. The molecule has 1 fully saturated rings. The van der Waals surface area contributed by atoms with Gasteiger partial charge in [0.05, 0.1) is 12.6 Å². The fourth-order valence-electron chi connectivity index (χ4n) is 3.58. The van der Waals surface area contributed by atoms with Crippen LogP contribution in [0.4, 0.5) is 0 Å². The summed E-state index contributed by atoms with van der Waals surface area (Å²) in [6.07, 6.45) is 0.705. The summed E-state index contributed by atoms with van der Waals surface area (Å²) in [4.78, 5) is 20.6. The number of hydrogen-bond acceptors (Lipinski definition) is 5.